The maximum atomic E-state index is 15.8. The minimum Gasteiger partial charge on any atom is -0.309 e. The van der Waals surface area contributed by atoms with Crippen molar-refractivity contribution in [3.05, 3.63) is 158 Å². The second kappa shape index (κ2) is 9.99. The minimum atomic E-state index is -3.28. The van der Waals surface area contributed by atoms with Gasteiger partial charge in [-0.2, -0.15) is 0 Å². The van der Waals surface area contributed by atoms with Crippen molar-refractivity contribution in [3.63, 3.8) is 0 Å². The summed E-state index contributed by atoms with van der Waals surface area (Å²) in [6.07, 6.45) is 0. The zero-order valence-corrected chi connectivity index (χ0v) is 25.1. The Labute approximate surface area is 260 Å². The molecular formula is C40H26N3OP. The smallest absolute Gasteiger partial charge is 0.235 e. The van der Waals surface area contributed by atoms with Gasteiger partial charge in [-0.05, 0) is 17.7 Å². The normalized spacial score (nSPS) is 15.3. The highest BCUT2D eigenvalue weighted by Crippen LogP contribution is 2.54. The Morgan fingerprint density at radius 3 is 1.87 bits per heavy atom. The van der Waals surface area contributed by atoms with Crippen LogP contribution in [0, 0.1) is 0 Å². The third-order valence-electron chi connectivity index (χ3n) is 8.84. The van der Waals surface area contributed by atoms with Crippen molar-refractivity contribution >= 4 is 44.9 Å². The molecule has 4 nitrogen and oxygen atoms in total. The van der Waals surface area contributed by atoms with Gasteiger partial charge < -0.3 is 4.57 Å². The summed E-state index contributed by atoms with van der Waals surface area (Å²) in [6.45, 7) is 0. The maximum absolute atomic E-state index is 15.8. The van der Waals surface area contributed by atoms with Crippen LogP contribution in [-0.4, -0.2) is 14.5 Å². The van der Waals surface area contributed by atoms with E-state index >= 15 is 4.57 Å². The van der Waals surface area contributed by atoms with E-state index in [4.69, 9.17) is 9.97 Å². The van der Waals surface area contributed by atoms with E-state index in [1.54, 1.807) is 0 Å². The van der Waals surface area contributed by atoms with E-state index < -0.39 is 7.14 Å². The van der Waals surface area contributed by atoms with Crippen molar-refractivity contribution < 1.29 is 4.57 Å². The van der Waals surface area contributed by atoms with E-state index in [2.05, 4.69) is 59.2 Å². The lowest BCUT2D eigenvalue weighted by Crippen LogP contribution is -2.26. The van der Waals surface area contributed by atoms with Crippen molar-refractivity contribution in [2.45, 2.75) is 0 Å². The van der Waals surface area contributed by atoms with Gasteiger partial charge in [-0.1, -0.05) is 146 Å². The van der Waals surface area contributed by atoms with Crippen LogP contribution in [0.25, 0.3) is 61.4 Å². The highest BCUT2D eigenvalue weighted by Gasteiger charge is 2.40. The molecule has 0 fully saturated rings. The highest BCUT2D eigenvalue weighted by molar-refractivity contribution is 7.85. The number of hydrogen-bond donors (Lipinski definition) is 0. The Kier molecular flexibility index (Phi) is 5.74. The molecular weight excluding hydrogens is 569 g/mol. The van der Waals surface area contributed by atoms with E-state index in [0.29, 0.717) is 5.95 Å². The Bertz CT molecular complexity index is 2470. The molecule has 0 saturated heterocycles. The van der Waals surface area contributed by atoms with Crippen LogP contribution in [0.1, 0.15) is 0 Å². The fourth-order valence-electron chi connectivity index (χ4n) is 6.91. The third kappa shape index (κ3) is 3.76. The molecule has 212 valence electrons. The predicted molar refractivity (Wildman–Crippen MR) is 186 cm³/mol. The first-order valence-electron chi connectivity index (χ1n) is 15.0. The van der Waals surface area contributed by atoms with Crippen molar-refractivity contribution in [2.24, 2.45) is 0 Å². The molecule has 5 heteroatoms. The standard InChI is InChI=1S/C40H26N3OP/c44-45(28-17-5-2-6-18-28)35-25-13-9-21-31(35)37-30-20-8-12-24-34(30)43(39(37)32-22-10-14-26-36(32)45)40-41-33-23-11-7-19-29(33)38(42-40)27-15-3-1-4-16-27/h1-26H. The monoisotopic (exact) mass is 595 g/mol. The SMILES string of the molecule is O=P1(c2ccccc2)c2ccccc2-c2c(n(-c3nc(-c4ccccc4)c4ccccc4n3)c3ccccc23)-c2ccccc21. The fourth-order valence-corrected chi connectivity index (χ4v) is 9.95. The summed E-state index contributed by atoms with van der Waals surface area (Å²) >= 11 is 0. The molecule has 3 heterocycles. The number of benzene rings is 6. The third-order valence-corrected chi connectivity index (χ3v) is 12.0. The molecule has 0 spiro atoms. The Hall–Kier alpha value is -5.57. The fraction of sp³-hybridized carbons (Fsp3) is 0. The van der Waals surface area contributed by atoms with Gasteiger partial charge in [0.25, 0.3) is 0 Å². The van der Waals surface area contributed by atoms with E-state index in [-0.39, 0.29) is 0 Å². The molecule has 1 aliphatic rings. The minimum absolute atomic E-state index is 0.578. The van der Waals surface area contributed by atoms with Crippen LogP contribution in [0.5, 0.6) is 0 Å². The number of aromatic nitrogens is 3. The molecule has 0 radical (unpaired) electrons. The molecule has 0 N–H and O–H groups in total. The maximum Gasteiger partial charge on any atom is 0.235 e. The summed E-state index contributed by atoms with van der Waals surface area (Å²) in [5.74, 6) is 0.578. The molecule has 2 aromatic heterocycles. The lowest BCUT2D eigenvalue weighted by molar-refractivity contribution is 0.592. The topological polar surface area (TPSA) is 47.8 Å². The second-order valence-electron chi connectivity index (χ2n) is 11.3. The summed E-state index contributed by atoms with van der Waals surface area (Å²) in [7, 11) is -3.28. The van der Waals surface area contributed by atoms with Gasteiger partial charge in [0, 0.05) is 43.4 Å². The molecule has 8 aromatic rings. The predicted octanol–water partition coefficient (Wildman–Crippen LogP) is 8.53. The van der Waals surface area contributed by atoms with E-state index in [1.165, 1.54) is 0 Å². The number of fused-ring (bicyclic) bond motifs is 8. The summed E-state index contributed by atoms with van der Waals surface area (Å²) in [6, 6.07) is 53.2. The summed E-state index contributed by atoms with van der Waals surface area (Å²) < 4.78 is 18.0. The van der Waals surface area contributed by atoms with Gasteiger partial charge in [0.05, 0.1) is 22.4 Å². The average molecular weight is 596 g/mol. The first-order chi connectivity index (χ1) is 22.2. The Balaban J connectivity index is 1.47. The van der Waals surface area contributed by atoms with Gasteiger partial charge >= 0.3 is 0 Å². The molecule has 1 atom stereocenters. The Morgan fingerprint density at radius 1 is 0.511 bits per heavy atom. The van der Waals surface area contributed by atoms with Crippen LogP contribution in [0.4, 0.5) is 0 Å². The molecule has 1 aliphatic heterocycles. The molecule has 0 saturated carbocycles. The van der Waals surface area contributed by atoms with E-state index in [9.17, 15) is 0 Å². The lowest BCUT2D eigenvalue weighted by Gasteiger charge is -2.22. The lowest BCUT2D eigenvalue weighted by atomic mass is 9.98. The van der Waals surface area contributed by atoms with Gasteiger partial charge in [-0.25, -0.2) is 9.97 Å². The zero-order chi connectivity index (χ0) is 30.0. The van der Waals surface area contributed by atoms with Gasteiger partial charge in [0.1, 0.15) is 0 Å². The van der Waals surface area contributed by atoms with Crippen LogP contribution >= 0.6 is 7.14 Å². The molecule has 1 unspecified atom stereocenters. The first kappa shape index (κ1) is 25.9. The summed E-state index contributed by atoms with van der Waals surface area (Å²) in [5, 5.41) is 4.54. The molecule has 0 amide bonds. The van der Waals surface area contributed by atoms with Gasteiger partial charge in [-0.15, -0.1) is 0 Å². The summed E-state index contributed by atoms with van der Waals surface area (Å²) in [4.78, 5) is 10.5. The summed E-state index contributed by atoms with van der Waals surface area (Å²) in [5.41, 5.74) is 7.64. The number of nitrogens with zero attached hydrogens (tertiary/aromatic N) is 3. The van der Waals surface area contributed by atoms with E-state index in [1.807, 2.05) is 103 Å². The number of rotatable bonds is 3. The van der Waals surface area contributed by atoms with Gasteiger partial charge in [-0.3, -0.25) is 4.57 Å². The highest BCUT2D eigenvalue weighted by atomic mass is 31.2. The largest absolute Gasteiger partial charge is 0.309 e. The van der Waals surface area contributed by atoms with Crippen LogP contribution in [0.15, 0.2) is 158 Å². The molecule has 6 aromatic carbocycles. The Morgan fingerprint density at radius 2 is 1.09 bits per heavy atom. The number of hydrogen-bond acceptors (Lipinski definition) is 3. The molecule has 0 aliphatic carbocycles. The van der Waals surface area contributed by atoms with E-state index in [0.717, 1.165) is 71.4 Å². The van der Waals surface area contributed by atoms with Gasteiger partial charge in [0.2, 0.25) is 5.95 Å². The molecule has 0 bridgehead atoms. The first-order valence-corrected chi connectivity index (χ1v) is 16.8. The van der Waals surface area contributed by atoms with Crippen molar-refractivity contribution in [2.75, 3.05) is 0 Å². The van der Waals surface area contributed by atoms with Gasteiger partial charge in [0.15, 0.2) is 7.14 Å². The van der Waals surface area contributed by atoms with Crippen LogP contribution in [-0.2, 0) is 4.57 Å². The average Bonchev–Trinajstić information content (AvgIpc) is 3.42. The van der Waals surface area contributed by atoms with Crippen molar-refractivity contribution in [1.82, 2.24) is 14.5 Å². The van der Waals surface area contributed by atoms with Crippen LogP contribution in [0.3, 0.4) is 0 Å². The quantitative estimate of drug-likeness (QED) is 0.192. The number of para-hydroxylation sites is 2. The molecule has 45 heavy (non-hydrogen) atoms. The van der Waals surface area contributed by atoms with Crippen molar-refractivity contribution in [1.29, 1.82) is 0 Å². The molecule has 9 rings (SSSR count). The zero-order valence-electron chi connectivity index (χ0n) is 24.2. The van der Waals surface area contributed by atoms with Crippen LogP contribution < -0.4 is 15.9 Å². The van der Waals surface area contributed by atoms with Crippen molar-refractivity contribution in [3.8, 4) is 39.6 Å². The second-order valence-corrected chi connectivity index (χ2v) is 14.0. The van der Waals surface area contributed by atoms with Crippen LogP contribution in [0.2, 0.25) is 0 Å².